The summed E-state index contributed by atoms with van der Waals surface area (Å²) in [5, 5.41) is 3.42. The number of likely N-dealkylation sites (N-methyl/N-ethyl adjacent to an activating group) is 1. The van der Waals surface area contributed by atoms with E-state index in [4.69, 9.17) is 0 Å². The van der Waals surface area contributed by atoms with Crippen molar-refractivity contribution in [1.29, 1.82) is 0 Å². The fourth-order valence-corrected chi connectivity index (χ4v) is 1.79. The fourth-order valence-electron chi connectivity index (χ4n) is 1.79. The van der Waals surface area contributed by atoms with E-state index in [1.165, 1.54) is 18.4 Å². The quantitative estimate of drug-likeness (QED) is 0.663. The highest BCUT2D eigenvalue weighted by molar-refractivity contribution is 5.09. The summed E-state index contributed by atoms with van der Waals surface area (Å²) >= 11 is 0. The van der Waals surface area contributed by atoms with Crippen LogP contribution in [0.25, 0.3) is 0 Å². The first-order chi connectivity index (χ1) is 8.33. The van der Waals surface area contributed by atoms with Gasteiger partial charge in [-0.2, -0.15) is 0 Å². The van der Waals surface area contributed by atoms with Gasteiger partial charge < -0.3 is 10.2 Å². The molecule has 3 nitrogen and oxygen atoms in total. The zero-order chi connectivity index (χ0) is 12.3. The Labute approximate surface area is 105 Å². The Morgan fingerprint density at radius 2 is 1.94 bits per heavy atom. The number of hydrogen-bond acceptors (Lipinski definition) is 3. The Balaban J connectivity index is 2.02. The summed E-state index contributed by atoms with van der Waals surface area (Å²) in [6, 6.07) is 4.20. The van der Waals surface area contributed by atoms with Gasteiger partial charge in [0.05, 0.1) is 0 Å². The number of nitrogens with one attached hydrogen (secondary N) is 1. The number of hydrogen-bond donors (Lipinski definition) is 1. The van der Waals surface area contributed by atoms with Crippen LogP contribution in [0.4, 0.5) is 0 Å². The van der Waals surface area contributed by atoms with E-state index < -0.39 is 0 Å². The Kier molecular flexibility index (Phi) is 7.60. The Hall–Kier alpha value is -0.930. The van der Waals surface area contributed by atoms with Gasteiger partial charge in [-0.15, -0.1) is 0 Å². The molecule has 3 heteroatoms. The number of rotatable bonds is 9. The summed E-state index contributed by atoms with van der Waals surface area (Å²) < 4.78 is 0. The maximum Gasteiger partial charge on any atom is 0.0270 e. The Bertz CT molecular complexity index is 274. The van der Waals surface area contributed by atoms with Crippen molar-refractivity contribution in [2.75, 3.05) is 33.2 Å². The molecule has 0 saturated carbocycles. The molecule has 0 aromatic carbocycles. The minimum absolute atomic E-state index is 1.10. The van der Waals surface area contributed by atoms with Crippen LogP contribution in [0.1, 0.15) is 25.3 Å². The smallest absolute Gasteiger partial charge is 0.0270 e. The summed E-state index contributed by atoms with van der Waals surface area (Å²) in [6.45, 7) is 6.72. The van der Waals surface area contributed by atoms with Crippen molar-refractivity contribution in [2.24, 2.45) is 0 Å². The summed E-state index contributed by atoms with van der Waals surface area (Å²) in [4.78, 5) is 6.42. The van der Waals surface area contributed by atoms with Gasteiger partial charge in [0.1, 0.15) is 0 Å². The minimum atomic E-state index is 1.10. The van der Waals surface area contributed by atoms with Crippen molar-refractivity contribution < 1.29 is 0 Å². The molecule has 17 heavy (non-hydrogen) atoms. The van der Waals surface area contributed by atoms with E-state index in [0.29, 0.717) is 0 Å². The van der Waals surface area contributed by atoms with Crippen LogP contribution in [0.15, 0.2) is 24.5 Å². The number of aryl methyl sites for hydroxylation is 1. The lowest BCUT2D eigenvalue weighted by Crippen LogP contribution is -2.30. The van der Waals surface area contributed by atoms with Crippen LogP contribution in [0.2, 0.25) is 0 Å². The zero-order valence-electron chi connectivity index (χ0n) is 11.2. The number of nitrogens with zero attached hydrogens (tertiary/aromatic N) is 2. The molecule has 0 fully saturated rings. The topological polar surface area (TPSA) is 28.2 Å². The van der Waals surface area contributed by atoms with Gasteiger partial charge in [0, 0.05) is 25.5 Å². The van der Waals surface area contributed by atoms with Crippen molar-refractivity contribution >= 4 is 0 Å². The molecule has 0 aliphatic carbocycles. The molecule has 0 atom stereocenters. The van der Waals surface area contributed by atoms with Crippen molar-refractivity contribution in [1.82, 2.24) is 15.2 Å². The van der Waals surface area contributed by atoms with Crippen molar-refractivity contribution in [2.45, 2.75) is 26.2 Å². The highest BCUT2D eigenvalue weighted by Crippen LogP contribution is 2.01. The molecule has 1 rings (SSSR count). The van der Waals surface area contributed by atoms with E-state index >= 15 is 0 Å². The average molecular weight is 235 g/mol. The van der Waals surface area contributed by atoms with Gasteiger partial charge in [-0.1, -0.05) is 6.92 Å². The highest BCUT2D eigenvalue weighted by atomic mass is 15.1. The van der Waals surface area contributed by atoms with E-state index in [9.17, 15) is 0 Å². The molecule has 0 spiro atoms. The van der Waals surface area contributed by atoms with E-state index in [-0.39, 0.29) is 0 Å². The summed E-state index contributed by atoms with van der Waals surface area (Å²) in [5.74, 6) is 0. The highest BCUT2D eigenvalue weighted by Gasteiger charge is 1.98. The van der Waals surface area contributed by atoms with Gasteiger partial charge in [0.2, 0.25) is 0 Å². The minimum Gasteiger partial charge on any atom is -0.315 e. The van der Waals surface area contributed by atoms with Crippen LogP contribution >= 0.6 is 0 Å². The normalized spacial score (nSPS) is 11.0. The van der Waals surface area contributed by atoms with Crippen LogP contribution in [-0.4, -0.2) is 43.1 Å². The molecule has 0 radical (unpaired) electrons. The second-order valence-electron chi connectivity index (χ2n) is 4.51. The molecule has 1 N–H and O–H groups in total. The molecule has 1 aromatic heterocycles. The predicted octanol–water partition coefficient (Wildman–Crippen LogP) is 1.95. The first kappa shape index (κ1) is 14.1. The van der Waals surface area contributed by atoms with Gasteiger partial charge in [-0.3, -0.25) is 4.98 Å². The summed E-state index contributed by atoms with van der Waals surface area (Å²) in [6.07, 6.45) is 7.32. The van der Waals surface area contributed by atoms with E-state index in [1.54, 1.807) is 0 Å². The lowest BCUT2D eigenvalue weighted by Gasteiger charge is -2.16. The van der Waals surface area contributed by atoms with Crippen LogP contribution in [-0.2, 0) is 6.42 Å². The average Bonchev–Trinajstić information content (AvgIpc) is 2.36. The molecule has 96 valence electrons. The summed E-state index contributed by atoms with van der Waals surface area (Å²) in [5.41, 5.74) is 1.39. The molecule has 0 saturated heterocycles. The van der Waals surface area contributed by atoms with Crippen LogP contribution in [0.5, 0.6) is 0 Å². The second kappa shape index (κ2) is 9.14. The third kappa shape index (κ3) is 7.08. The predicted molar refractivity (Wildman–Crippen MR) is 73.2 cm³/mol. The fraction of sp³-hybridized carbons (Fsp3) is 0.643. The van der Waals surface area contributed by atoms with Crippen LogP contribution in [0.3, 0.4) is 0 Å². The van der Waals surface area contributed by atoms with E-state index in [1.807, 2.05) is 12.4 Å². The molecular formula is C14H25N3. The van der Waals surface area contributed by atoms with Crippen molar-refractivity contribution in [3.05, 3.63) is 30.1 Å². The number of aromatic nitrogens is 1. The third-order valence-electron chi connectivity index (χ3n) is 2.85. The SMILES string of the molecule is CCCNCCN(C)CCCc1ccncc1. The lowest BCUT2D eigenvalue weighted by molar-refractivity contribution is 0.327. The monoisotopic (exact) mass is 235 g/mol. The molecule has 0 aliphatic heterocycles. The molecule has 1 heterocycles. The van der Waals surface area contributed by atoms with Crippen LogP contribution < -0.4 is 5.32 Å². The molecule has 0 unspecified atom stereocenters. The molecule has 0 amide bonds. The standard InChI is InChI=1S/C14H25N3/c1-3-8-15-11-13-17(2)12-4-5-14-6-9-16-10-7-14/h6-7,9-10,15H,3-5,8,11-13H2,1-2H3. The molecular weight excluding hydrogens is 210 g/mol. The maximum absolute atomic E-state index is 4.03. The Morgan fingerprint density at radius 3 is 2.65 bits per heavy atom. The van der Waals surface area contributed by atoms with Gasteiger partial charge in [-0.25, -0.2) is 0 Å². The van der Waals surface area contributed by atoms with E-state index in [2.05, 4.69) is 41.3 Å². The second-order valence-corrected chi connectivity index (χ2v) is 4.51. The van der Waals surface area contributed by atoms with Gasteiger partial charge in [-0.05, 0) is 57.1 Å². The number of pyridine rings is 1. The van der Waals surface area contributed by atoms with Gasteiger partial charge >= 0.3 is 0 Å². The van der Waals surface area contributed by atoms with Crippen LogP contribution in [0, 0.1) is 0 Å². The lowest BCUT2D eigenvalue weighted by atomic mass is 10.1. The van der Waals surface area contributed by atoms with Gasteiger partial charge in [0.25, 0.3) is 0 Å². The van der Waals surface area contributed by atoms with Gasteiger partial charge in [0.15, 0.2) is 0 Å². The van der Waals surface area contributed by atoms with Crippen molar-refractivity contribution in [3.63, 3.8) is 0 Å². The largest absolute Gasteiger partial charge is 0.315 e. The zero-order valence-corrected chi connectivity index (χ0v) is 11.2. The van der Waals surface area contributed by atoms with Crippen molar-refractivity contribution in [3.8, 4) is 0 Å². The Morgan fingerprint density at radius 1 is 1.18 bits per heavy atom. The first-order valence-electron chi connectivity index (χ1n) is 6.61. The molecule has 0 bridgehead atoms. The maximum atomic E-state index is 4.03. The van der Waals surface area contributed by atoms with E-state index in [0.717, 1.165) is 32.6 Å². The third-order valence-corrected chi connectivity index (χ3v) is 2.85. The molecule has 1 aromatic rings. The first-order valence-corrected chi connectivity index (χ1v) is 6.61. The molecule has 0 aliphatic rings. The summed E-state index contributed by atoms with van der Waals surface area (Å²) in [7, 11) is 2.19.